The Morgan fingerprint density at radius 1 is 1.18 bits per heavy atom. The third-order valence-corrected chi connectivity index (χ3v) is 7.06. The number of carbonyl (C=O) groups excluding carboxylic acids is 2. The highest BCUT2D eigenvalue weighted by Gasteiger charge is 2.30. The van der Waals surface area contributed by atoms with Crippen molar-refractivity contribution >= 4 is 35.1 Å². The number of likely N-dealkylation sites (tertiary alicyclic amines) is 1. The minimum absolute atomic E-state index is 0.0455. The Balaban J connectivity index is 1.22. The summed E-state index contributed by atoms with van der Waals surface area (Å²) in [6.45, 7) is 1.80. The summed E-state index contributed by atoms with van der Waals surface area (Å²) in [5.41, 5.74) is 0.968. The number of Topliss-reactive ketones (excluding diaryl/α,β-unsaturated/α-hetero) is 1. The monoisotopic (exact) mass is 485 g/mol. The van der Waals surface area contributed by atoms with Crippen molar-refractivity contribution in [2.24, 2.45) is 0 Å². The largest absolute Gasteiger partial charge is 0.484 e. The molecule has 8 nitrogen and oxygen atoms in total. The Labute approximate surface area is 200 Å². The maximum Gasteiger partial charge on any atom is 0.270 e. The van der Waals surface area contributed by atoms with Crippen LogP contribution in [-0.2, 0) is 6.61 Å². The fraction of sp³-hybridized carbons (Fsp3) is 0.391. The highest BCUT2D eigenvalue weighted by Crippen LogP contribution is 2.39. The molecule has 2 aromatic heterocycles. The van der Waals surface area contributed by atoms with Crippen LogP contribution in [0.5, 0.6) is 5.75 Å². The number of aromatic amines is 1. The van der Waals surface area contributed by atoms with E-state index in [9.17, 15) is 9.59 Å². The molecule has 1 aliphatic carbocycles. The first-order chi connectivity index (χ1) is 16.1. The molecule has 172 valence electrons. The van der Waals surface area contributed by atoms with Gasteiger partial charge < -0.3 is 14.6 Å². The summed E-state index contributed by atoms with van der Waals surface area (Å²) in [7, 11) is 0. The number of hydrogen-bond donors (Lipinski definition) is 1. The fourth-order valence-electron chi connectivity index (χ4n) is 3.89. The summed E-state index contributed by atoms with van der Waals surface area (Å²) in [5, 5.41) is 9.85. The number of ketones is 1. The molecule has 0 spiro atoms. The molecule has 1 saturated heterocycles. The van der Waals surface area contributed by atoms with Gasteiger partial charge in [-0.15, -0.1) is 10.2 Å². The van der Waals surface area contributed by atoms with Crippen LogP contribution in [0.3, 0.4) is 0 Å². The molecule has 2 aliphatic rings. The number of thioether (sulfide) groups is 1. The molecule has 1 amide bonds. The van der Waals surface area contributed by atoms with Gasteiger partial charge in [0.15, 0.2) is 16.8 Å². The lowest BCUT2D eigenvalue weighted by atomic mass is 10.2. The van der Waals surface area contributed by atoms with Gasteiger partial charge in [-0.25, -0.2) is 0 Å². The second-order valence-electron chi connectivity index (χ2n) is 8.23. The van der Waals surface area contributed by atoms with Crippen LogP contribution in [0, 0.1) is 0 Å². The van der Waals surface area contributed by atoms with Gasteiger partial charge in [0.05, 0.1) is 10.8 Å². The van der Waals surface area contributed by atoms with Crippen LogP contribution in [0.1, 0.15) is 58.4 Å². The number of ether oxygens (including phenoxy) is 1. The van der Waals surface area contributed by atoms with E-state index in [2.05, 4.69) is 19.7 Å². The van der Waals surface area contributed by atoms with Gasteiger partial charge in [0, 0.05) is 30.9 Å². The van der Waals surface area contributed by atoms with Gasteiger partial charge in [0.1, 0.15) is 18.1 Å². The molecule has 10 heteroatoms. The van der Waals surface area contributed by atoms with Gasteiger partial charge in [-0.05, 0) is 43.9 Å². The van der Waals surface area contributed by atoms with E-state index in [4.69, 9.17) is 16.3 Å². The Morgan fingerprint density at radius 3 is 2.73 bits per heavy atom. The van der Waals surface area contributed by atoms with Gasteiger partial charge in [-0.3, -0.25) is 14.2 Å². The van der Waals surface area contributed by atoms with Crippen LogP contribution >= 0.6 is 23.4 Å². The molecule has 0 atom stereocenters. The second-order valence-corrected chi connectivity index (χ2v) is 9.58. The molecule has 1 aromatic carbocycles. The smallest absolute Gasteiger partial charge is 0.270 e. The van der Waals surface area contributed by atoms with Crippen LogP contribution in [0.25, 0.3) is 0 Å². The van der Waals surface area contributed by atoms with E-state index in [0.29, 0.717) is 39.1 Å². The van der Waals surface area contributed by atoms with E-state index in [1.165, 1.54) is 11.8 Å². The van der Waals surface area contributed by atoms with Crippen LogP contribution in [0.2, 0.25) is 5.02 Å². The predicted molar refractivity (Wildman–Crippen MR) is 125 cm³/mol. The summed E-state index contributed by atoms with van der Waals surface area (Å²) in [5.74, 6) is 1.42. The number of nitrogens with zero attached hydrogens (tertiary/aromatic N) is 4. The minimum atomic E-state index is -0.0593. The quantitative estimate of drug-likeness (QED) is 0.357. The number of hydrogen-bond acceptors (Lipinski definition) is 6. The van der Waals surface area contributed by atoms with Crippen LogP contribution in [-0.4, -0.2) is 55.2 Å². The average Bonchev–Trinajstić information content (AvgIpc) is 3.25. The van der Waals surface area contributed by atoms with Gasteiger partial charge in [0.2, 0.25) is 0 Å². The lowest BCUT2D eigenvalue weighted by Gasteiger charge is -2.13. The molecule has 0 bridgehead atoms. The minimum Gasteiger partial charge on any atom is -0.484 e. The van der Waals surface area contributed by atoms with Gasteiger partial charge in [-0.1, -0.05) is 35.5 Å². The maximum atomic E-state index is 12.8. The first-order valence-electron chi connectivity index (χ1n) is 11.0. The summed E-state index contributed by atoms with van der Waals surface area (Å²) >= 11 is 7.53. The van der Waals surface area contributed by atoms with Gasteiger partial charge >= 0.3 is 0 Å². The molecular weight excluding hydrogens is 462 g/mol. The number of H-pyrrole nitrogens is 1. The highest BCUT2D eigenvalue weighted by molar-refractivity contribution is 7.99. The highest BCUT2D eigenvalue weighted by atomic mass is 35.5. The van der Waals surface area contributed by atoms with Crippen LogP contribution in [0.4, 0.5) is 0 Å². The molecule has 1 aliphatic heterocycles. The number of nitrogens with one attached hydrogen (secondary N) is 1. The van der Waals surface area contributed by atoms with Crippen molar-refractivity contribution < 1.29 is 14.3 Å². The Bertz CT molecular complexity index is 1170. The Morgan fingerprint density at radius 2 is 1.97 bits per heavy atom. The van der Waals surface area contributed by atoms with Crippen molar-refractivity contribution in [1.82, 2.24) is 24.6 Å². The van der Waals surface area contributed by atoms with Crippen LogP contribution < -0.4 is 4.74 Å². The third kappa shape index (κ3) is 4.94. The molecule has 0 radical (unpaired) electrons. The lowest BCUT2D eigenvalue weighted by Crippen LogP contribution is -2.27. The van der Waals surface area contributed by atoms with E-state index in [0.717, 1.165) is 38.8 Å². The summed E-state index contributed by atoms with van der Waals surface area (Å²) in [6, 6.07) is 9.29. The van der Waals surface area contributed by atoms with Gasteiger partial charge in [-0.2, -0.15) is 0 Å². The fourth-order valence-corrected chi connectivity index (χ4v) is 5.00. The van der Waals surface area contributed by atoms with Crippen molar-refractivity contribution in [1.29, 1.82) is 0 Å². The number of carbonyl (C=O) groups is 2. The SMILES string of the molecule is O=C(CSc1nnc(COc2ccccc2Cl)n1C1CC1)c1c[nH]c(C(=O)N2CCCC2)c1. The Kier molecular flexibility index (Phi) is 6.41. The average molecular weight is 486 g/mol. The number of amides is 1. The first-order valence-corrected chi connectivity index (χ1v) is 12.4. The van der Waals surface area contributed by atoms with Crippen molar-refractivity contribution in [2.75, 3.05) is 18.8 Å². The molecule has 3 aromatic rings. The molecule has 33 heavy (non-hydrogen) atoms. The summed E-state index contributed by atoms with van der Waals surface area (Å²) < 4.78 is 7.91. The first kappa shape index (κ1) is 22.0. The number of halogens is 1. The molecule has 1 saturated carbocycles. The molecular formula is C23H24ClN5O3S. The van der Waals surface area contributed by atoms with E-state index < -0.39 is 0 Å². The number of aromatic nitrogens is 4. The molecule has 1 N–H and O–H groups in total. The molecule has 0 unspecified atom stereocenters. The molecule has 5 rings (SSSR count). The topological polar surface area (TPSA) is 93.1 Å². The van der Waals surface area contributed by atoms with E-state index in [1.54, 1.807) is 18.3 Å². The van der Waals surface area contributed by atoms with Gasteiger partial charge in [0.25, 0.3) is 5.91 Å². The van der Waals surface area contributed by atoms with E-state index >= 15 is 0 Å². The normalized spacial score (nSPS) is 15.7. The van der Waals surface area contributed by atoms with Crippen molar-refractivity contribution in [3.63, 3.8) is 0 Å². The van der Waals surface area contributed by atoms with E-state index in [-0.39, 0.29) is 24.1 Å². The summed E-state index contributed by atoms with van der Waals surface area (Å²) in [6.07, 6.45) is 5.78. The van der Waals surface area contributed by atoms with Crippen molar-refractivity contribution in [3.05, 3.63) is 58.6 Å². The number of para-hydroxylation sites is 1. The van der Waals surface area contributed by atoms with Crippen molar-refractivity contribution in [3.8, 4) is 5.75 Å². The van der Waals surface area contributed by atoms with E-state index in [1.807, 2.05) is 23.1 Å². The number of rotatable bonds is 9. The number of benzene rings is 1. The standard InChI is InChI=1S/C23H24ClN5O3S/c24-17-5-1-2-6-20(17)32-13-21-26-27-23(29(21)16-7-8-16)33-14-19(30)15-11-18(25-12-15)22(31)28-9-3-4-10-28/h1-2,5-6,11-12,16,25H,3-4,7-10,13-14H2. The van der Waals surface area contributed by atoms with Crippen molar-refractivity contribution in [2.45, 2.75) is 43.5 Å². The predicted octanol–water partition coefficient (Wildman–Crippen LogP) is 4.38. The zero-order valence-corrected chi connectivity index (χ0v) is 19.6. The second kappa shape index (κ2) is 9.61. The zero-order chi connectivity index (χ0) is 22.8. The maximum absolute atomic E-state index is 12.8. The van der Waals surface area contributed by atoms with Crippen LogP contribution in [0.15, 0.2) is 41.7 Å². The molecule has 3 heterocycles. The lowest BCUT2D eigenvalue weighted by molar-refractivity contribution is 0.0787. The third-order valence-electron chi connectivity index (χ3n) is 5.80. The zero-order valence-electron chi connectivity index (χ0n) is 18.0. The molecule has 2 fully saturated rings. The Hall–Kier alpha value is -2.78. The summed E-state index contributed by atoms with van der Waals surface area (Å²) in [4.78, 5) is 30.1.